The predicted molar refractivity (Wildman–Crippen MR) is 62.2 cm³/mol. The SMILES string of the molecule is CCn1ncnc1Cn1cc(CCCN)nn1. The summed E-state index contributed by atoms with van der Waals surface area (Å²) in [6.07, 6.45) is 5.30. The average Bonchev–Trinajstić information content (AvgIpc) is 2.96. The highest BCUT2D eigenvalue weighted by molar-refractivity contribution is 4.95. The smallest absolute Gasteiger partial charge is 0.148 e. The Balaban J connectivity index is 2.01. The van der Waals surface area contributed by atoms with Gasteiger partial charge in [0, 0.05) is 12.7 Å². The van der Waals surface area contributed by atoms with Gasteiger partial charge in [-0.15, -0.1) is 5.10 Å². The van der Waals surface area contributed by atoms with Crippen molar-refractivity contribution in [3.8, 4) is 0 Å². The molecule has 92 valence electrons. The van der Waals surface area contributed by atoms with Crippen LogP contribution in [0.2, 0.25) is 0 Å². The summed E-state index contributed by atoms with van der Waals surface area (Å²) >= 11 is 0. The third-order valence-electron chi connectivity index (χ3n) is 2.52. The fourth-order valence-corrected chi connectivity index (χ4v) is 1.63. The van der Waals surface area contributed by atoms with Gasteiger partial charge >= 0.3 is 0 Å². The van der Waals surface area contributed by atoms with Crippen molar-refractivity contribution < 1.29 is 0 Å². The Labute approximate surface area is 99.6 Å². The molecule has 2 heterocycles. The molecule has 0 fully saturated rings. The van der Waals surface area contributed by atoms with E-state index in [0.717, 1.165) is 30.9 Å². The molecular weight excluding hydrogens is 218 g/mol. The molecule has 2 aromatic heterocycles. The third-order valence-corrected chi connectivity index (χ3v) is 2.52. The first-order valence-electron chi connectivity index (χ1n) is 5.79. The lowest BCUT2D eigenvalue weighted by Gasteiger charge is -2.01. The third kappa shape index (κ3) is 2.88. The normalized spacial score (nSPS) is 10.9. The first-order valence-corrected chi connectivity index (χ1v) is 5.79. The van der Waals surface area contributed by atoms with Crippen molar-refractivity contribution in [1.29, 1.82) is 0 Å². The minimum absolute atomic E-state index is 0.601. The number of nitrogens with two attached hydrogens (primary N) is 1. The Morgan fingerprint density at radius 1 is 1.41 bits per heavy atom. The molecule has 0 radical (unpaired) electrons. The number of hydrogen-bond acceptors (Lipinski definition) is 5. The molecule has 2 rings (SSSR count). The highest BCUT2D eigenvalue weighted by atomic mass is 15.4. The van der Waals surface area contributed by atoms with Crippen LogP contribution in [0.3, 0.4) is 0 Å². The Morgan fingerprint density at radius 3 is 3.06 bits per heavy atom. The summed E-state index contributed by atoms with van der Waals surface area (Å²) in [6, 6.07) is 0. The lowest BCUT2D eigenvalue weighted by molar-refractivity contribution is 0.557. The number of rotatable bonds is 6. The Morgan fingerprint density at radius 2 is 2.29 bits per heavy atom. The highest BCUT2D eigenvalue weighted by Crippen LogP contribution is 2.01. The summed E-state index contributed by atoms with van der Waals surface area (Å²) in [6.45, 7) is 4.12. The zero-order chi connectivity index (χ0) is 12.1. The van der Waals surface area contributed by atoms with Crippen LogP contribution in [0.5, 0.6) is 0 Å². The van der Waals surface area contributed by atoms with Gasteiger partial charge in [-0.25, -0.2) is 14.3 Å². The van der Waals surface area contributed by atoms with Crippen LogP contribution in [0.1, 0.15) is 24.9 Å². The minimum atomic E-state index is 0.601. The number of aryl methyl sites for hydroxylation is 2. The van der Waals surface area contributed by atoms with Gasteiger partial charge in [0.2, 0.25) is 0 Å². The Hall–Kier alpha value is -1.76. The minimum Gasteiger partial charge on any atom is -0.330 e. The molecule has 2 aromatic rings. The molecule has 0 amide bonds. The van der Waals surface area contributed by atoms with E-state index >= 15 is 0 Å². The number of aromatic nitrogens is 6. The summed E-state index contributed by atoms with van der Waals surface area (Å²) < 4.78 is 3.63. The van der Waals surface area contributed by atoms with Crippen LogP contribution in [-0.2, 0) is 19.5 Å². The molecule has 17 heavy (non-hydrogen) atoms. The van der Waals surface area contributed by atoms with Crippen LogP contribution < -0.4 is 5.73 Å². The molecule has 0 aliphatic heterocycles. The number of nitrogens with zero attached hydrogens (tertiary/aromatic N) is 6. The van der Waals surface area contributed by atoms with Crippen molar-refractivity contribution in [1.82, 2.24) is 29.8 Å². The van der Waals surface area contributed by atoms with Crippen LogP contribution in [0.15, 0.2) is 12.5 Å². The van der Waals surface area contributed by atoms with Crippen molar-refractivity contribution in [3.05, 3.63) is 24.0 Å². The molecule has 7 nitrogen and oxygen atoms in total. The first-order chi connectivity index (χ1) is 8.33. The predicted octanol–water partition coefficient (Wildman–Crippen LogP) is -0.171. The standard InChI is InChI=1S/C10H17N7/c1-2-17-10(12-8-13-17)7-16-6-9(14-15-16)4-3-5-11/h6,8H,2-5,7,11H2,1H3. The average molecular weight is 235 g/mol. The first kappa shape index (κ1) is 11.7. The van der Waals surface area contributed by atoms with E-state index in [1.165, 1.54) is 0 Å². The summed E-state index contributed by atoms with van der Waals surface area (Å²) in [7, 11) is 0. The van der Waals surface area contributed by atoms with Crippen LogP contribution in [0.4, 0.5) is 0 Å². The van der Waals surface area contributed by atoms with Crippen molar-refractivity contribution in [2.24, 2.45) is 5.73 Å². The van der Waals surface area contributed by atoms with Gasteiger partial charge in [0.05, 0.1) is 5.69 Å². The van der Waals surface area contributed by atoms with Crippen LogP contribution in [0, 0.1) is 0 Å². The summed E-state index contributed by atoms with van der Waals surface area (Å²) in [4.78, 5) is 4.20. The van der Waals surface area contributed by atoms with E-state index in [0.29, 0.717) is 13.1 Å². The van der Waals surface area contributed by atoms with Crippen molar-refractivity contribution in [3.63, 3.8) is 0 Å². The zero-order valence-corrected chi connectivity index (χ0v) is 9.95. The maximum atomic E-state index is 5.45. The van der Waals surface area contributed by atoms with Crippen LogP contribution in [0.25, 0.3) is 0 Å². The molecule has 0 unspecified atom stereocenters. The Bertz CT molecular complexity index is 459. The highest BCUT2D eigenvalue weighted by Gasteiger charge is 2.06. The summed E-state index contributed by atoms with van der Waals surface area (Å²) in [5.41, 5.74) is 6.42. The van der Waals surface area contributed by atoms with E-state index in [-0.39, 0.29) is 0 Å². The van der Waals surface area contributed by atoms with E-state index in [2.05, 4.69) is 20.4 Å². The molecule has 0 saturated heterocycles. The van der Waals surface area contributed by atoms with Gasteiger partial charge in [0.25, 0.3) is 0 Å². The molecule has 7 heteroatoms. The molecule has 0 aliphatic carbocycles. The van der Waals surface area contributed by atoms with E-state index in [1.54, 1.807) is 11.0 Å². The number of hydrogen-bond donors (Lipinski definition) is 1. The second-order valence-electron chi connectivity index (χ2n) is 3.79. The quantitative estimate of drug-likeness (QED) is 0.751. The molecule has 0 aromatic carbocycles. The molecule has 2 N–H and O–H groups in total. The van der Waals surface area contributed by atoms with Gasteiger partial charge in [0.15, 0.2) is 0 Å². The summed E-state index contributed by atoms with van der Waals surface area (Å²) in [5.74, 6) is 0.891. The lowest BCUT2D eigenvalue weighted by atomic mass is 10.2. The fraction of sp³-hybridized carbons (Fsp3) is 0.600. The molecular formula is C10H17N7. The second-order valence-corrected chi connectivity index (χ2v) is 3.79. The van der Waals surface area contributed by atoms with E-state index in [1.807, 2.05) is 17.8 Å². The fourth-order valence-electron chi connectivity index (χ4n) is 1.63. The van der Waals surface area contributed by atoms with Gasteiger partial charge < -0.3 is 5.73 Å². The lowest BCUT2D eigenvalue weighted by Crippen LogP contribution is -2.09. The Kier molecular flexibility index (Phi) is 3.81. The van der Waals surface area contributed by atoms with Gasteiger partial charge in [-0.1, -0.05) is 5.21 Å². The van der Waals surface area contributed by atoms with E-state index < -0.39 is 0 Å². The molecule has 0 bridgehead atoms. The van der Waals surface area contributed by atoms with E-state index in [4.69, 9.17) is 5.73 Å². The van der Waals surface area contributed by atoms with E-state index in [9.17, 15) is 0 Å². The van der Waals surface area contributed by atoms with Crippen molar-refractivity contribution in [2.75, 3.05) is 6.54 Å². The molecule has 0 saturated carbocycles. The molecule has 0 atom stereocenters. The summed E-state index contributed by atoms with van der Waals surface area (Å²) in [5, 5.41) is 12.3. The molecule has 0 spiro atoms. The largest absolute Gasteiger partial charge is 0.330 e. The van der Waals surface area contributed by atoms with Gasteiger partial charge in [-0.2, -0.15) is 5.10 Å². The van der Waals surface area contributed by atoms with Crippen LogP contribution >= 0.6 is 0 Å². The van der Waals surface area contributed by atoms with Crippen LogP contribution in [-0.4, -0.2) is 36.3 Å². The monoisotopic (exact) mass is 235 g/mol. The molecule has 0 aliphatic rings. The van der Waals surface area contributed by atoms with Gasteiger partial charge in [-0.3, -0.25) is 0 Å². The van der Waals surface area contributed by atoms with Crippen molar-refractivity contribution in [2.45, 2.75) is 32.9 Å². The van der Waals surface area contributed by atoms with Crippen molar-refractivity contribution >= 4 is 0 Å². The maximum absolute atomic E-state index is 5.45. The topological polar surface area (TPSA) is 87.4 Å². The van der Waals surface area contributed by atoms with Gasteiger partial charge in [-0.05, 0) is 26.3 Å². The maximum Gasteiger partial charge on any atom is 0.148 e. The van der Waals surface area contributed by atoms with Gasteiger partial charge in [0.1, 0.15) is 18.7 Å². The second kappa shape index (κ2) is 5.53. The zero-order valence-electron chi connectivity index (χ0n) is 9.95.